The van der Waals surface area contributed by atoms with Gasteiger partial charge >= 0.3 is 0 Å². The molecule has 0 unspecified atom stereocenters. The molecule has 0 radical (unpaired) electrons. The molecular weight excluding hydrogens is 276 g/mol. The Hall–Kier alpha value is -2.80. The molecule has 0 bridgehead atoms. The molecule has 1 N–H and O–H groups in total. The zero-order chi connectivity index (χ0) is 15.8. The third-order valence-corrected chi connectivity index (χ3v) is 3.33. The number of nitriles is 1. The van der Waals surface area contributed by atoms with Gasteiger partial charge in [-0.25, -0.2) is 0 Å². The third kappa shape index (κ3) is 4.64. The molecule has 0 aliphatic carbocycles. The van der Waals surface area contributed by atoms with Gasteiger partial charge < -0.3 is 9.94 Å². The summed E-state index contributed by atoms with van der Waals surface area (Å²) in [5, 5.41) is 20.7. The van der Waals surface area contributed by atoms with Crippen molar-refractivity contribution in [1.82, 2.24) is 0 Å². The number of ether oxygens (including phenoxy) is 1. The summed E-state index contributed by atoms with van der Waals surface area (Å²) in [6, 6.07) is 17.4. The molecule has 0 aromatic heterocycles. The van der Waals surface area contributed by atoms with Crippen LogP contribution >= 0.6 is 0 Å². The maximum atomic E-state index is 8.87. The number of rotatable bonds is 6. The van der Waals surface area contributed by atoms with Gasteiger partial charge in [-0.1, -0.05) is 29.4 Å². The van der Waals surface area contributed by atoms with E-state index in [2.05, 4.69) is 11.2 Å². The molecule has 0 aliphatic rings. The molecule has 22 heavy (non-hydrogen) atoms. The van der Waals surface area contributed by atoms with Gasteiger partial charge in [0.05, 0.1) is 17.3 Å². The van der Waals surface area contributed by atoms with Gasteiger partial charge in [0.1, 0.15) is 12.4 Å². The first-order valence-electron chi connectivity index (χ1n) is 7.09. The Morgan fingerprint density at radius 2 is 1.95 bits per heavy atom. The molecule has 0 amide bonds. The van der Waals surface area contributed by atoms with Crippen molar-refractivity contribution in [2.24, 2.45) is 5.16 Å². The van der Waals surface area contributed by atoms with Crippen molar-refractivity contribution in [3.8, 4) is 11.8 Å². The predicted molar refractivity (Wildman–Crippen MR) is 85.1 cm³/mol. The second-order valence-corrected chi connectivity index (χ2v) is 5.08. The minimum absolute atomic E-state index is 0.436. The number of hydrogen-bond donors (Lipinski definition) is 1. The first-order valence-corrected chi connectivity index (χ1v) is 7.09. The number of nitrogens with zero attached hydrogens (tertiary/aromatic N) is 2. The van der Waals surface area contributed by atoms with Crippen molar-refractivity contribution >= 4 is 5.71 Å². The number of oxime groups is 1. The van der Waals surface area contributed by atoms with Gasteiger partial charge in [-0.2, -0.15) is 5.26 Å². The van der Waals surface area contributed by atoms with Crippen LogP contribution in [0.25, 0.3) is 0 Å². The molecule has 0 atom stereocenters. The zero-order valence-electron chi connectivity index (χ0n) is 12.5. The Balaban J connectivity index is 1.90. The van der Waals surface area contributed by atoms with E-state index in [0.29, 0.717) is 12.2 Å². The average Bonchev–Trinajstić information content (AvgIpc) is 2.58. The van der Waals surface area contributed by atoms with E-state index in [9.17, 15) is 0 Å². The van der Waals surface area contributed by atoms with Crippen LogP contribution in [0.15, 0.2) is 53.7 Å². The lowest BCUT2D eigenvalue weighted by atomic mass is 10.1. The van der Waals surface area contributed by atoms with Gasteiger partial charge in [0, 0.05) is 0 Å². The monoisotopic (exact) mass is 294 g/mol. The first-order chi connectivity index (χ1) is 10.7. The summed E-state index contributed by atoms with van der Waals surface area (Å²) in [7, 11) is 0. The highest BCUT2D eigenvalue weighted by Gasteiger charge is 2.00. The van der Waals surface area contributed by atoms with Crippen molar-refractivity contribution in [1.29, 1.82) is 5.26 Å². The lowest BCUT2D eigenvalue weighted by Crippen LogP contribution is -1.97. The van der Waals surface area contributed by atoms with Crippen molar-refractivity contribution < 1.29 is 9.94 Å². The molecule has 0 heterocycles. The topological polar surface area (TPSA) is 65.6 Å². The standard InChI is InChI=1S/C18H18N2O2/c1-14(20-21)5-6-15-7-9-18(10-8-15)22-13-17-4-2-3-16(11-17)12-19/h2-4,7-11,21H,5-6,13H2,1H3/b20-14+. The summed E-state index contributed by atoms with van der Waals surface area (Å²) in [6.07, 6.45) is 1.57. The summed E-state index contributed by atoms with van der Waals surface area (Å²) in [6.45, 7) is 2.23. The Kier molecular flexibility index (Phi) is 5.56. The van der Waals surface area contributed by atoms with Gasteiger partial charge in [0.2, 0.25) is 0 Å². The lowest BCUT2D eigenvalue weighted by Gasteiger charge is -2.07. The fourth-order valence-electron chi connectivity index (χ4n) is 2.02. The largest absolute Gasteiger partial charge is 0.489 e. The highest BCUT2D eigenvalue weighted by atomic mass is 16.5. The summed E-state index contributed by atoms with van der Waals surface area (Å²) >= 11 is 0. The molecule has 2 aromatic carbocycles. The molecule has 112 valence electrons. The van der Waals surface area contributed by atoms with E-state index < -0.39 is 0 Å². The third-order valence-electron chi connectivity index (χ3n) is 3.33. The van der Waals surface area contributed by atoms with Gasteiger partial charge in [-0.15, -0.1) is 0 Å². The zero-order valence-corrected chi connectivity index (χ0v) is 12.5. The highest BCUT2D eigenvalue weighted by Crippen LogP contribution is 2.16. The van der Waals surface area contributed by atoms with Crippen LogP contribution in [0, 0.1) is 11.3 Å². The minimum atomic E-state index is 0.436. The summed E-state index contributed by atoms with van der Waals surface area (Å²) < 4.78 is 5.72. The molecule has 0 spiro atoms. The Bertz CT molecular complexity index is 685. The van der Waals surface area contributed by atoms with Crippen LogP contribution < -0.4 is 4.74 Å². The number of hydrogen-bond acceptors (Lipinski definition) is 4. The van der Waals surface area contributed by atoms with E-state index in [1.54, 1.807) is 13.0 Å². The maximum Gasteiger partial charge on any atom is 0.119 e. The lowest BCUT2D eigenvalue weighted by molar-refractivity contribution is 0.306. The van der Waals surface area contributed by atoms with Crippen LogP contribution in [0.5, 0.6) is 5.75 Å². The SMILES string of the molecule is C/C(CCc1ccc(OCc2cccc(C#N)c2)cc1)=N\O. The molecule has 2 rings (SSSR count). The van der Waals surface area contributed by atoms with E-state index in [1.807, 2.05) is 42.5 Å². The first kappa shape index (κ1) is 15.6. The molecule has 4 nitrogen and oxygen atoms in total. The highest BCUT2D eigenvalue weighted by molar-refractivity contribution is 5.81. The molecule has 0 fully saturated rings. The van der Waals surface area contributed by atoms with Gasteiger partial charge in [-0.05, 0) is 55.2 Å². The molecule has 2 aromatic rings. The second kappa shape index (κ2) is 7.84. The Labute approximate surface area is 130 Å². The van der Waals surface area contributed by atoms with Gasteiger partial charge in [-0.3, -0.25) is 0 Å². The van der Waals surface area contributed by atoms with Crippen LogP contribution in [-0.2, 0) is 13.0 Å². The second-order valence-electron chi connectivity index (χ2n) is 5.08. The van der Waals surface area contributed by atoms with Crippen LogP contribution in [0.2, 0.25) is 0 Å². The van der Waals surface area contributed by atoms with Gasteiger partial charge in [0.15, 0.2) is 0 Å². The normalized spacial score (nSPS) is 11.0. The predicted octanol–water partition coefficient (Wildman–Crippen LogP) is 3.92. The van der Waals surface area contributed by atoms with Crippen LogP contribution in [-0.4, -0.2) is 10.9 Å². The average molecular weight is 294 g/mol. The smallest absolute Gasteiger partial charge is 0.119 e. The van der Waals surface area contributed by atoms with E-state index in [1.165, 1.54) is 5.56 Å². The van der Waals surface area contributed by atoms with Crippen LogP contribution in [0.4, 0.5) is 0 Å². The van der Waals surface area contributed by atoms with E-state index >= 15 is 0 Å². The molecule has 0 aliphatic heterocycles. The Morgan fingerprint density at radius 1 is 1.18 bits per heavy atom. The fourth-order valence-corrected chi connectivity index (χ4v) is 2.02. The molecule has 0 saturated carbocycles. The fraction of sp³-hybridized carbons (Fsp3) is 0.222. The van der Waals surface area contributed by atoms with Gasteiger partial charge in [0.25, 0.3) is 0 Å². The van der Waals surface area contributed by atoms with Crippen LogP contribution in [0.1, 0.15) is 30.0 Å². The number of aryl methyl sites for hydroxylation is 1. The maximum absolute atomic E-state index is 8.87. The number of benzene rings is 2. The van der Waals surface area contributed by atoms with Crippen LogP contribution in [0.3, 0.4) is 0 Å². The molecular formula is C18H18N2O2. The van der Waals surface area contributed by atoms with Crippen molar-refractivity contribution in [3.05, 3.63) is 65.2 Å². The molecule has 4 heteroatoms. The van der Waals surface area contributed by atoms with E-state index in [4.69, 9.17) is 15.2 Å². The van der Waals surface area contributed by atoms with E-state index in [-0.39, 0.29) is 0 Å². The summed E-state index contributed by atoms with van der Waals surface area (Å²) in [5.41, 5.74) is 3.50. The van der Waals surface area contributed by atoms with E-state index in [0.717, 1.165) is 29.9 Å². The van der Waals surface area contributed by atoms with Crippen molar-refractivity contribution in [2.45, 2.75) is 26.4 Å². The Morgan fingerprint density at radius 3 is 2.64 bits per heavy atom. The quantitative estimate of drug-likeness (QED) is 0.499. The molecule has 0 saturated heterocycles. The van der Waals surface area contributed by atoms with Crippen molar-refractivity contribution in [3.63, 3.8) is 0 Å². The summed E-state index contributed by atoms with van der Waals surface area (Å²) in [5.74, 6) is 0.790. The van der Waals surface area contributed by atoms with Crippen molar-refractivity contribution in [2.75, 3.05) is 0 Å². The summed E-state index contributed by atoms with van der Waals surface area (Å²) in [4.78, 5) is 0. The minimum Gasteiger partial charge on any atom is -0.489 e.